The van der Waals surface area contributed by atoms with E-state index < -0.39 is 0 Å². The largest absolute Gasteiger partial charge is 1.00 e. The van der Waals surface area contributed by atoms with Gasteiger partial charge in [-0.3, -0.25) is 0 Å². The van der Waals surface area contributed by atoms with Crippen LogP contribution in [0.5, 0.6) is 5.75 Å². The number of anilines is 1. The van der Waals surface area contributed by atoms with E-state index in [1.807, 2.05) is 6.92 Å². The minimum Gasteiger partial charge on any atom is -0.699 e. The van der Waals surface area contributed by atoms with Crippen LogP contribution in [0.25, 0.3) is 5.73 Å². The van der Waals surface area contributed by atoms with Gasteiger partial charge >= 0.3 is 51.4 Å². The third-order valence-electron chi connectivity index (χ3n) is 3.68. The Kier molecular flexibility index (Phi) is 10.3. The van der Waals surface area contributed by atoms with Gasteiger partial charge in [0.15, 0.2) is 0 Å². The molecule has 0 aliphatic heterocycles. The van der Waals surface area contributed by atoms with Crippen molar-refractivity contribution in [2.75, 3.05) is 11.3 Å². The number of ether oxygens (including phenoxy) is 1. The standard InChI is InChI=1S/C10H13NS.C8H10NO.K/c12-11-10-7-3-5-8-4-1-2-6-9(8)10;1-2-10-8-5-3-7(9)4-6-8;/h3,5,7,11-12H,1-2,4,6H2;3-6,9H,2H2,1H3;/q;-1;+1. The topological polar surface area (TPSA) is 45.1 Å². The van der Waals surface area contributed by atoms with Gasteiger partial charge in [0.1, 0.15) is 5.75 Å². The summed E-state index contributed by atoms with van der Waals surface area (Å²) in [6.07, 6.45) is 5.10. The number of hydrogen-bond acceptors (Lipinski definition) is 3. The maximum Gasteiger partial charge on any atom is 1.00 e. The Bertz CT molecular complexity index is 576. The molecule has 0 bridgehead atoms. The van der Waals surface area contributed by atoms with E-state index in [0.29, 0.717) is 12.3 Å². The second-order valence-electron chi connectivity index (χ2n) is 5.22. The Balaban J connectivity index is 0.000000224. The van der Waals surface area contributed by atoms with Gasteiger partial charge in [-0.2, -0.15) is 0 Å². The molecular formula is C18H23KN2OS. The zero-order valence-corrected chi connectivity index (χ0v) is 17.9. The summed E-state index contributed by atoms with van der Waals surface area (Å²) in [6, 6.07) is 13.4. The Labute approximate surface area is 187 Å². The predicted octanol–water partition coefficient (Wildman–Crippen LogP) is 2.60. The van der Waals surface area contributed by atoms with Crippen molar-refractivity contribution in [2.45, 2.75) is 32.6 Å². The van der Waals surface area contributed by atoms with Gasteiger partial charge in [-0.05, 0) is 61.9 Å². The van der Waals surface area contributed by atoms with Crippen LogP contribution in [0.4, 0.5) is 11.4 Å². The van der Waals surface area contributed by atoms with Gasteiger partial charge in [0.2, 0.25) is 0 Å². The van der Waals surface area contributed by atoms with Gasteiger partial charge in [0.25, 0.3) is 0 Å². The average Bonchev–Trinajstić information content (AvgIpc) is 2.57. The molecule has 118 valence electrons. The van der Waals surface area contributed by atoms with E-state index in [4.69, 9.17) is 10.5 Å². The number of rotatable bonds is 3. The second-order valence-corrected chi connectivity index (χ2v) is 5.44. The Morgan fingerprint density at radius 2 is 1.78 bits per heavy atom. The fourth-order valence-electron chi connectivity index (χ4n) is 2.60. The monoisotopic (exact) mass is 354 g/mol. The minimum atomic E-state index is 0. The van der Waals surface area contributed by atoms with Crippen LogP contribution in [0.1, 0.15) is 30.9 Å². The summed E-state index contributed by atoms with van der Waals surface area (Å²) in [5, 5.41) is 0. The third kappa shape index (κ3) is 6.68. The van der Waals surface area contributed by atoms with Crippen LogP contribution in [0, 0.1) is 0 Å². The first kappa shape index (κ1) is 20.9. The zero-order chi connectivity index (χ0) is 15.8. The molecule has 0 spiro atoms. The van der Waals surface area contributed by atoms with Gasteiger partial charge in [-0.25, -0.2) is 0 Å². The third-order valence-corrected chi connectivity index (χ3v) is 3.92. The summed E-state index contributed by atoms with van der Waals surface area (Å²) in [4.78, 5) is 0. The molecule has 5 heteroatoms. The zero-order valence-electron chi connectivity index (χ0n) is 13.9. The molecule has 0 heterocycles. The summed E-state index contributed by atoms with van der Waals surface area (Å²) in [6.45, 7) is 2.62. The summed E-state index contributed by atoms with van der Waals surface area (Å²) >= 11 is 4.09. The molecule has 0 amide bonds. The molecule has 2 aromatic rings. The normalized spacial score (nSPS) is 12.1. The molecule has 0 aromatic heterocycles. The Morgan fingerprint density at radius 1 is 1.09 bits per heavy atom. The molecule has 1 aliphatic carbocycles. The molecule has 3 rings (SSSR count). The number of fused-ring (bicyclic) bond motifs is 1. The van der Waals surface area contributed by atoms with Crippen molar-refractivity contribution >= 4 is 24.2 Å². The first-order valence-corrected chi connectivity index (χ1v) is 8.14. The molecule has 0 fully saturated rings. The van der Waals surface area contributed by atoms with Crippen molar-refractivity contribution in [3.8, 4) is 5.75 Å². The SMILES string of the molecule is CCOc1ccc([NH-])cc1.SNc1cccc2c1CCCC2.[K+]. The van der Waals surface area contributed by atoms with Crippen molar-refractivity contribution in [2.24, 2.45) is 0 Å². The Morgan fingerprint density at radius 3 is 2.43 bits per heavy atom. The fourth-order valence-corrected chi connectivity index (χ4v) is 2.81. The molecule has 0 radical (unpaired) electrons. The quantitative estimate of drug-likeness (QED) is 0.657. The van der Waals surface area contributed by atoms with Crippen LogP contribution in [0.2, 0.25) is 0 Å². The van der Waals surface area contributed by atoms with E-state index in [-0.39, 0.29) is 51.4 Å². The molecule has 1 aliphatic rings. The molecule has 2 aromatic carbocycles. The summed E-state index contributed by atoms with van der Waals surface area (Å²) in [7, 11) is 0. The van der Waals surface area contributed by atoms with Crippen molar-refractivity contribution in [3.05, 3.63) is 59.3 Å². The first-order chi connectivity index (χ1) is 10.7. The number of thiol groups is 1. The fraction of sp³-hybridized carbons (Fsp3) is 0.333. The summed E-state index contributed by atoms with van der Waals surface area (Å²) in [5.74, 6) is 0.832. The minimum absolute atomic E-state index is 0. The first-order valence-electron chi connectivity index (χ1n) is 7.70. The van der Waals surface area contributed by atoms with E-state index in [2.05, 4.69) is 35.7 Å². The molecule has 0 saturated heterocycles. The number of nitrogens with one attached hydrogen (secondary N) is 2. The van der Waals surface area contributed by atoms with Crippen molar-refractivity contribution in [1.29, 1.82) is 0 Å². The predicted molar refractivity (Wildman–Crippen MR) is 97.3 cm³/mol. The number of aryl methyl sites for hydroxylation is 1. The van der Waals surface area contributed by atoms with E-state index in [9.17, 15) is 0 Å². The van der Waals surface area contributed by atoms with Crippen LogP contribution in [-0.4, -0.2) is 6.61 Å². The summed E-state index contributed by atoms with van der Waals surface area (Å²) in [5.41, 5.74) is 11.8. The maximum absolute atomic E-state index is 7.17. The molecular weight excluding hydrogens is 331 g/mol. The van der Waals surface area contributed by atoms with E-state index >= 15 is 0 Å². The van der Waals surface area contributed by atoms with Gasteiger partial charge in [-0.1, -0.05) is 37.1 Å². The summed E-state index contributed by atoms with van der Waals surface area (Å²) < 4.78 is 8.13. The number of benzene rings is 2. The smallest absolute Gasteiger partial charge is 0.699 e. The van der Waals surface area contributed by atoms with Crippen LogP contribution in [0.3, 0.4) is 0 Å². The van der Waals surface area contributed by atoms with Crippen LogP contribution >= 0.6 is 12.8 Å². The van der Waals surface area contributed by atoms with Crippen LogP contribution in [0.15, 0.2) is 42.5 Å². The van der Waals surface area contributed by atoms with E-state index in [1.54, 1.807) is 24.3 Å². The van der Waals surface area contributed by atoms with E-state index in [0.717, 1.165) is 5.75 Å². The Hall–Kier alpha value is -0.174. The molecule has 0 atom stereocenters. The molecule has 0 unspecified atom stereocenters. The average molecular weight is 355 g/mol. The van der Waals surface area contributed by atoms with Gasteiger partial charge < -0.3 is 15.2 Å². The number of hydrogen-bond donors (Lipinski definition) is 2. The molecule has 0 saturated carbocycles. The molecule has 23 heavy (non-hydrogen) atoms. The maximum atomic E-state index is 7.17. The van der Waals surface area contributed by atoms with Crippen LogP contribution in [-0.2, 0) is 12.8 Å². The van der Waals surface area contributed by atoms with Crippen molar-refractivity contribution < 1.29 is 56.1 Å². The molecule has 3 nitrogen and oxygen atoms in total. The van der Waals surface area contributed by atoms with E-state index in [1.165, 1.54) is 42.5 Å². The van der Waals surface area contributed by atoms with Crippen molar-refractivity contribution in [1.82, 2.24) is 0 Å². The molecule has 2 N–H and O–H groups in total. The van der Waals surface area contributed by atoms with Gasteiger partial charge in [0, 0.05) is 5.69 Å². The van der Waals surface area contributed by atoms with Gasteiger partial charge in [-0.15, -0.1) is 5.69 Å². The van der Waals surface area contributed by atoms with Gasteiger partial charge in [0.05, 0.1) is 6.61 Å². The van der Waals surface area contributed by atoms with Crippen LogP contribution < -0.4 is 60.8 Å². The van der Waals surface area contributed by atoms with Crippen molar-refractivity contribution in [3.63, 3.8) is 0 Å². The second kappa shape index (κ2) is 11.4.